The summed E-state index contributed by atoms with van der Waals surface area (Å²) in [6.07, 6.45) is -2.77. The lowest BCUT2D eigenvalue weighted by Crippen LogP contribution is -2.17. The monoisotopic (exact) mass is 583 g/mol. The predicted molar refractivity (Wildman–Crippen MR) is 142 cm³/mol. The van der Waals surface area contributed by atoms with Crippen molar-refractivity contribution in [3.05, 3.63) is 76.4 Å². The normalized spacial score (nSPS) is 13.3. The van der Waals surface area contributed by atoms with Crippen LogP contribution in [0.4, 0.5) is 22.0 Å². The minimum atomic E-state index is -4.88. The van der Waals surface area contributed by atoms with Crippen LogP contribution in [0, 0.1) is 11.8 Å². The van der Waals surface area contributed by atoms with E-state index >= 15 is 0 Å². The van der Waals surface area contributed by atoms with Gasteiger partial charge in [-0.3, -0.25) is 9.48 Å². The van der Waals surface area contributed by atoms with Crippen molar-refractivity contribution in [2.75, 3.05) is 6.61 Å². The van der Waals surface area contributed by atoms with Gasteiger partial charge in [0.15, 0.2) is 6.61 Å². The maximum absolute atomic E-state index is 13.3. The molecule has 0 spiro atoms. The van der Waals surface area contributed by atoms with Crippen LogP contribution >= 0.6 is 11.8 Å². The molecular formula is C27H26F5N3O4S. The van der Waals surface area contributed by atoms with E-state index in [1.807, 2.05) is 0 Å². The number of fused-ring (bicyclic) bond motifs is 1. The molecule has 214 valence electrons. The third-order valence-electron chi connectivity index (χ3n) is 5.61. The Morgan fingerprint density at radius 2 is 1.95 bits per heavy atom. The molecule has 7 nitrogen and oxygen atoms in total. The van der Waals surface area contributed by atoms with Gasteiger partial charge in [-0.15, -0.1) is 29.8 Å². The van der Waals surface area contributed by atoms with Crippen molar-refractivity contribution in [1.29, 1.82) is 0 Å². The van der Waals surface area contributed by atoms with Gasteiger partial charge in [0.2, 0.25) is 0 Å². The SMILES string of the molecule is CC/C=C(\C=C/C(C)n1nc(CSc2ccc(OCC(=O)N=O)c(C)c2)c2cc(OC(F)(F)F)ccc21)C(F)F. The number of rotatable bonds is 12. The van der Waals surface area contributed by atoms with Crippen LogP contribution in [0.5, 0.6) is 11.5 Å². The van der Waals surface area contributed by atoms with Crippen molar-refractivity contribution in [3.63, 3.8) is 0 Å². The molecule has 0 saturated heterocycles. The molecule has 3 aromatic rings. The Balaban J connectivity index is 1.91. The number of hydrogen-bond donors (Lipinski definition) is 0. The number of benzene rings is 2. The van der Waals surface area contributed by atoms with Crippen LogP contribution in [-0.4, -0.2) is 35.1 Å². The molecule has 40 heavy (non-hydrogen) atoms. The van der Waals surface area contributed by atoms with E-state index in [2.05, 4.69) is 15.0 Å². The number of halogens is 5. The average molecular weight is 584 g/mol. The first-order chi connectivity index (χ1) is 18.9. The zero-order valence-electron chi connectivity index (χ0n) is 21.7. The van der Waals surface area contributed by atoms with Crippen molar-refractivity contribution in [2.45, 2.75) is 56.7 Å². The number of ether oxygens (including phenoxy) is 2. The number of aryl methyl sites for hydroxylation is 1. The van der Waals surface area contributed by atoms with E-state index in [0.29, 0.717) is 34.3 Å². The quantitative estimate of drug-likeness (QED) is 0.0932. The number of hydrogen-bond acceptors (Lipinski definition) is 6. The Hall–Kier alpha value is -3.74. The maximum atomic E-state index is 13.3. The number of thioether (sulfide) groups is 1. The number of nitroso groups, excluding NO2 is 1. The van der Waals surface area contributed by atoms with Crippen molar-refractivity contribution < 1.29 is 36.2 Å². The van der Waals surface area contributed by atoms with Gasteiger partial charge in [-0.1, -0.05) is 25.2 Å². The lowest BCUT2D eigenvalue weighted by molar-refractivity contribution is -0.274. The molecule has 1 atom stereocenters. The van der Waals surface area contributed by atoms with Crippen LogP contribution in [0.2, 0.25) is 0 Å². The molecule has 0 radical (unpaired) electrons. The Kier molecular flexibility index (Phi) is 10.4. The second-order valence-corrected chi connectivity index (χ2v) is 9.67. The third kappa shape index (κ3) is 8.38. The fourth-order valence-electron chi connectivity index (χ4n) is 3.79. The molecule has 2 aromatic carbocycles. The fraction of sp³-hybridized carbons (Fsp3) is 0.333. The molecule has 3 rings (SSSR count). The summed E-state index contributed by atoms with van der Waals surface area (Å²) in [5.74, 6) is -0.687. The molecule has 0 saturated carbocycles. The third-order valence-corrected chi connectivity index (χ3v) is 6.61. The van der Waals surface area contributed by atoms with Crippen LogP contribution in [0.3, 0.4) is 0 Å². The molecule has 0 N–H and O–H groups in total. The number of aromatic nitrogens is 2. The minimum absolute atomic E-state index is 0.128. The molecule has 0 aliphatic heterocycles. The van der Waals surface area contributed by atoms with Gasteiger partial charge in [0, 0.05) is 26.8 Å². The van der Waals surface area contributed by atoms with E-state index < -0.39 is 37.1 Å². The number of carbonyl (C=O) groups is 1. The molecule has 0 aliphatic carbocycles. The molecule has 1 heterocycles. The minimum Gasteiger partial charge on any atom is -0.483 e. The summed E-state index contributed by atoms with van der Waals surface area (Å²) in [5.41, 5.74) is 1.53. The molecule has 13 heteroatoms. The summed E-state index contributed by atoms with van der Waals surface area (Å²) in [5, 5.41) is 7.30. The number of carbonyl (C=O) groups excluding carboxylic acids is 1. The number of alkyl halides is 5. The van der Waals surface area contributed by atoms with E-state index in [-0.39, 0.29) is 11.3 Å². The summed E-state index contributed by atoms with van der Waals surface area (Å²) in [7, 11) is 0. The standard InChI is InChI=1S/C27H26F5N3O4S/c1-4-5-18(26(28)29)7-6-17(3)35-23-10-8-19(39-27(30,31)32)13-21(23)22(33-35)15-40-20-9-11-24(16(2)12-20)38-14-25(36)34-37/h5-13,17,26H,4,14-15H2,1-3H3/b7-6-,18-5+. The van der Waals surface area contributed by atoms with Gasteiger partial charge in [0.05, 0.1) is 17.3 Å². The predicted octanol–water partition coefficient (Wildman–Crippen LogP) is 7.93. The molecule has 0 fully saturated rings. The fourth-order valence-corrected chi connectivity index (χ4v) is 4.73. The Morgan fingerprint density at radius 3 is 2.58 bits per heavy atom. The molecule has 1 unspecified atom stereocenters. The van der Waals surface area contributed by atoms with E-state index in [0.717, 1.165) is 4.90 Å². The highest BCUT2D eigenvalue weighted by Gasteiger charge is 2.31. The highest BCUT2D eigenvalue weighted by Crippen LogP contribution is 2.34. The summed E-state index contributed by atoms with van der Waals surface area (Å²) >= 11 is 1.36. The van der Waals surface area contributed by atoms with Crippen LogP contribution in [0.15, 0.2) is 70.3 Å². The van der Waals surface area contributed by atoms with Gasteiger partial charge in [-0.2, -0.15) is 5.10 Å². The van der Waals surface area contributed by atoms with Gasteiger partial charge in [0.25, 0.3) is 6.43 Å². The van der Waals surface area contributed by atoms with Crippen molar-refractivity contribution in [2.24, 2.45) is 5.18 Å². The van der Waals surface area contributed by atoms with Crippen LogP contribution in [0.1, 0.15) is 37.6 Å². The van der Waals surface area contributed by atoms with Gasteiger partial charge in [-0.05, 0) is 62.2 Å². The summed E-state index contributed by atoms with van der Waals surface area (Å²) < 4.78 is 76.1. The van der Waals surface area contributed by atoms with Crippen molar-refractivity contribution in [1.82, 2.24) is 9.78 Å². The Morgan fingerprint density at radius 1 is 1.20 bits per heavy atom. The largest absolute Gasteiger partial charge is 0.573 e. The Labute approximate surface area is 231 Å². The highest BCUT2D eigenvalue weighted by atomic mass is 32.2. The second-order valence-electron chi connectivity index (χ2n) is 8.62. The van der Waals surface area contributed by atoms with Crippen molar-refractivity contribution in [3.8, 4) is 11.5 Å². The molecular weight excluding hydrogens is 557 g/mol. The van der Waals surface area contributed by atoms with E-state index in [9.17, 15) is 31.7 Å². The van der Waals surface area contributed by atoms with Crippen molar-refractivity contribution >= 4 is 28.6 Å². The highest BCUT2D eigenvalue weighted by molar-refractivity contribution is 7.98. The summed E-state index contributed by atoms with van der Waals surface area (Å²) in [6, 6.07) is 8.52. The maximum Gasteiger partial charge on any atom is 0.573 e. The second kappa shape index (κ2) is 13.6. The first kappa shape index (κ1) is 30.8. The molecule has 1 aromatic heterocycles. The lowest BCUT2D eigenvalue weighted by atomic mass is 10.1. The Bertz CT molecular complexity index is 1420. The number of allylic oxidation sites excluding steroid dienone is 4. The summed E-state index contributed by atoms with van der Waals surface area (Å²) in [4.78, 5) is 22.1. The van der Waals surface area contributed by atoms with Crippen LogP contribution in [0.25, 0.3) is 10.9 Å². The molecule has 0 bridgehead atoms. The smallest absolute Gasteiger partial charge is 0.483 e. The first-order valence-corrected chi connectivity index (χ1v) is 13.1. The zero-order chi connectivity index (χ0) is 29.4. The van der Waals surface area contributed by atoms with E-state index in [1.54, 1.807) is 49.7 Å². The van der Waals surface area contributed by atoms with Gasteiger partial charge in [0.1, 0.15) is 11.5 Å². The number of amides is 1. The number of nitrogens with zero attached hydrogens (tertiary/aromatic N) is 3. The van der Waals surface area contributed by atoms with Crippen LogP contribution < -0.4 is 9.47 Å². The van der Waals surface area contributed by atoms with E-state index in [4.69, 9.17) is 4.74 Å². The molecule has 1 amide bonds. The summed E-state index contributed by atoms with van der Waals surface area (Å²) in [6.45, 7) is 4.75. The zero-order valence-corrected chi connectivity index (χ0v) is 22.6. The van der Waals surface area contributed by atoms with Gasteiger partial charge >= 0.3 is 12.3 Å². The average Bonchev–Trinajstić information content (AvgIpc) is 3.25. The topological polar surface area (TPSA) is 82.8 Å². The van der Waals surface area contributed by atoms with E-state index in [1.165, 1.54) is 42.1 Å². The first-order valence-electron chi connectivity index (χ1n) is 12.1. The van der Waals surface area contributed by atoms with Gasteiger partial charge < -0.3 is 9.47 Å². The molecule has 0 aliphatic rings. The van der Waals surface area contributed by atoms with Gasteiger partial charge in [-0.25, -0.2) is 8.78 Å². The van der Waals surface area contributed by atoms with Crippen LogP contribution in [-0.2, 0) is 10.5 Å². The lowest BCUT2D eigenvalue weighted by Gasteiger charge is -2.11.